The molecule has 2 aliphatic rings. The quantitative estimate of drug-likeness (QED) is 0.200. The average Bonchev–Trinajstić information content (AvgIpc) is 3.34. The van der Waals surface area contributed by atoms with Gasteiger partial charge in [-0.1, -0.05) is 89.1 Å². The van der Waals surface area contributed by atoms with Crippen molar-refractivity contribution in [3.63, 3.8) is 0 Å². The minimum atomic E-state index is -0.233. The van der Waals surface area contributed by atoms with E-state index in [1.54, 1.807) is 19.2 Å². The summed E-state index contributed by atoms with van der Waals surface area (Å²) in [6.07, 6.45) is 3.69. The molecule has 0 fully saturated rings. The summed E-state index contributed by atoms with van der Waals surface area (Å²) in [4.78, 5) is 19.8. The van der Waals surface area contributed by atoms with Crippen LogP contribution in [0.15, 0.2) is 106 Å². The van der Waals surface area contributed by atoms with Crippen molar-refractivity contribution in [2.24, 2.45) is 4.99 Å². The molecule has 1 atom stereocenters. The summed E-state index contributed by atoms with van der Waals surface area (Å²) in [5.41, 5.74) is 7.34. The third-order valence-electron chi connectivity index (χ3n) is 7.89. The Hall–Kier alpha value is -4.10. The van der Waals surface area contributed by atoms with E-state index in [-0.39, 0.29) is 11.6 Å². The normalized spacial score (nSPS) is 15.8. The Labute approximate surface area is 262 Å². The van der Waals surface area contributed by atoms with Crippen molar-refractivity contribution >= 4 is 46.3 Å². The fraction of sp³-hybridized carbons (Fsp3) is 0.143. The van der Waals surface area contributed by atoms with Crippen LogP contribution in [-0.2, 0) is 13.0 Å². The second-order valence-corrected chi connectivity index (χ2v) is 12.3. The molecule has 2 heterocycles. The van der Waals surface area contributed by atoms with Gasteiger partial charge in [0.05, 0.1) is 23.4 Å². The maximum Gasteiger partial charge on any atom is 0.271 e. The Morgan fingerprint density at radius 2 is 1.72 bits per heavy atom. The number of allylic oxidation sites excluding steroid dienone is 1. The maximum absolute atomic E-state index is 14.0. The molecule has 8 heteroatoms. The van der Waals surface area contributed by atoms with Crippen LogP contribution in [0.1, 0.15) is 40.3 Å². The van der Waals surface area contributed by atoms with Gasteiger partial charge >= 0.3 is 0 Å². The van der Waals surface area contributed by atoms with Crippen LogP contribution in [0.5, 0.6) is 11.5 Å². The number of hydrogen-bond donors (Lipinski definition) is 0. The molecule has 7 rings (SSSR count). The third-order valence-corrected chi connectivity index (χ3v) is 9.46. The van der Waals surface area contributed by atoms with E-state index in [0.717, 1.165) is 46.5 Å². The summed E-state index contributed by atoms with van der Waals surface area (Å²) < 4.78 is 13.8. The second kappa shape index (κ2) is 11.5. The van der Waals surface area contributed by atoms with E-state index in [4.69, 9.17) is 37.7 Å². The van der Waals surface area contributed by atoms with E-state index in [9.17, 15) is 4.79 Å². The predicted molar refractivity (Wildman–Crippen MR) is 173 cm³/mol. The molecule has 4 aromatic carbocycles. The SMILES string of the molecule is COc1ccc([C@@H]2C3=C(N=c4s/c(=C/c5ccc(OCc6ccc(Cl)cc6Cl)cc5)c(=O)n42)c2ccccc2CC3)cc1. The van der Waals surface area contributed by atoms with Gasteiger partial charge in [-0.25, -0.2) is 4.99 Å². The molecule has 0 saturated carbocycles. The maximum atomic E-state index is 14.0. The number of nitrogens with zero attached hydrogens (tertiary/aromatic N) is 2. The molecule has 0 spiro atoms. The first-order chi connectivity index (χ1) is 21.0. The highest BCUT2D eigenvalue weighted by Gasteiger charge is 2.32. The molecule has 0 unspecified atom stereocenters. The first-order valence-electron chi connectivity index (χ1n) is 13.9. The molecule has 0 bridgehead atoms. The topological polar surface area (TPSA) is 52.8 Å². The molecule has 1 aromatic heterocycles. The van der Waals surface area contributed by atoms with E-state index < -0.39 is 0 Å². The average molecular weight is 626 g/mol. The minimum absolute atomic E-state index is 0.0484. The van der Waals surface area contributed by atoms with Crippen LogP contribution in [0.2, 0.25) is 10.0 Å². The van der Waals surface area contributed by atoms with Gasteiger partial charge < -0.3 is 9.47 Å². The molecule has 0 N–H and O–H groups in total. The molecule has 0 amide bonds. The van der Waals surface area contributed by atoms with Gasteiger partial charge in [0.15, 0.2) is 4.80 Å². The molecule has 1 aliphatic carbocycles. The Balaban J connectivity index is 1.26. The lowest BCUT2D eigenvalue weighted by molar-refractivity contribution is 0.306. The zero-order chi connectivity index (χ0) is 29.5. The first-order valence-corrected chi connectivity index (χ1v) is 15.5. The summed E-state index contributed by atoms with van der Waals surface area (Å²) in [5.74, 6) is 1.48. The van der Waals surface area contributed by atoms with E-state index >= 15 is 0 Å². The standard InChI is InChI=1S/C35H26Cl2N2O3S/c1-41-26-15-9-23(10-16-26)33-29-17-11-22-4-2-3-5-28(22)32(29)38-35-39(33)34(40)31(43-35)18-21-6-13-27(14-7-21)42-20-24-8-12-25(36)19-30(24)37/h2-10,12-16,18-19,33H,11,17,20H2,1H3/b31-18+/t33-/m1/s1. The van der Waals surface area contributed by atoms with Crippen LogP contribution in [0, 0.1) is 0 Å². The van der Waals surface area contributed by atoms with Crippen molar-refractivity contribution in [1.82, 2.24) is 4.57 Å². The van der Waals surface area contributed by atoms with E-state index in [1.807, 2.05) is 65.2 Å². The number of fused-ring (bicyclic) bond motifs is 3. The number of thiazole rings is 1. The second-order valence-electron chi connectivity index (χ2n) is 10.5. The van der Waals surface area contributed by atoms with Gasteiger partial charge in [-0.3, -0.25) is 9.36 Å². The highest BCUT2D eigenvalue weighted by Crippen LogP contribution is 2.41. The highest BCUT2D eigenvalue weighted by atomic mass is 35.5. The Bertz CT molecular complexity index is 2060. The van der Waals surface area contributed by atoms with Gasteiger partial charge in [-0.2, -0.15) is 0 Å². The zero-order valence-corrected chi connectivity index (χ0v) is 25.5. The lowest BCUT2D eigenvalue weighted by Gasteiger charge is -2.30. The number of hydrogen-bond acceptors (Lipinski definition) is 5. The van der Waals surface area contributed by atoms with Crippen molar-refractivity contribution in [3.05, 3.63) is 154 Å². The molecule has 43 heavy (non-hydrogen) atoms. The van der Waals surface area contributed by atoms with E-state index in [1.165, 1.54) is 22.5 Å². The predicted octanol–water partition coefficient (Wildman–Crippen LogP) is 7.21. The molecular weight excluding hydrogens is 599 g/mol. The smallest absolute Gasteiger partial charge is 0.271 e. The molecule has 0 radical (unpaired) electrons. The number of methoxy groups -OCH3 is 1. The fourth-order valence-electron chi connectivity index (χ4n) is 5.72. The molecule has 214 valence electrons. The zero-order valence-electron chi connectivity index (χ0n) is 23.2. The lowest BCUT2D eigenvalue weighted by Crippen LogP contribution is -2.38. The molecule has 1 aliphatic heterocycles. The summed E-state index contributed by atoms with van der Waals surface area (Å²) >= 11 is 13.7. The lowest BCUT2D eigenvalue weighted by atomic mass is 9.83. The molecule has 5 nitrogen and oxygen atoms in total. The highest BCUT2D eigenvalue weighted by molar-refractivity contribution is 7.07. The molecule has 5 aromatic rings. The monoisotopic (exact) mass is 624 g/mol. The Morgan fingerprint density at radius 1 is 0.953 bits per heavy atom. The number of ether oxygens (including phenoxy) is 2. The summed E-state index contributed by atoms with van der Waals surface area (Å²) in [6, 6.07) is 29.2. The first kappa shape index (κ1) is 27.7. The van der Waals surface area contributed by atoms with Crippen LogP contribution in [-0.4, -0.2) is 11.7 Å². The summed E-state index contributed by atoms with van der Waals surface area (Å²) in [7, 11) is 1.66. The van der Waals surface area contributed by atoms with E-state index in [2.05, 4.69) is 24.3 Å². The van der Waals surface area contributed by atoms with Gasteiger partial charge in [-0.05, 0) is 77.6 Å². The third kappa shape index (κ3) is 5.31. The number of aryl methyl sites for hydroxylation is 1. The number of aromatic nitrogens is 1. The number of rotatable bonds is 6. The van der Waals surface area contributed by atoms with Crippen molar-refractivity contribution in [1.29, 1.82) is 0 Å². The van der Waals surface area contributed by atoms with Crippen LogP contribution in [0.3, 0.4) is 0 Å². The van der Waals surface area contributed by atoms with Crippen LogP contribution in [0.25, 0.3) is 11.8 Å². The van der Waals surface area contributed by atoms with Gasteiger partial charge in [0.2, 0.25) is 0 Å². The molecular formula is C35H26Cl2N2O3S. The fourth-order valence-corrected chi connectivity index (χ4v) is 7.18. The van der Waals surface area contributed by atoms with Crippen LogP contribution in [0.4, 0.5) is 0 Å². The van der Waals surface area contributed by atoms with Crippen molar-refractivity contribution in [2.75, 3.05) is 7.11 Å². The Kier molecular flexibility index (Phi) is 7.43. The van der Waals surface area contributed by atoms with Crippen molar-refractivity contribution in [2.45, 2.75) is 25.5 Å². The number of halogens is 2. The van der Waals surface area contributed by atoms with Gasteiger partial charge in [-0.15, -0.1) is 0 Å². The van der Waals surface area contributed by atoms with Crippen LogP contribution < -0.4 is 24.4 Å². The van der Waals surface area contributed by atoms with Gasteiger partial charge in [0.1, 0.15) is 18.1 Å². The molecule has 0 saturated heterocycles. The van der Waals surface area contributed by atoms with Crippen molar-refractivity contribution < 1.29 is 9.47 Å². The van der Waals surface area contributed by atoms with Gasteiger partial charge in [0, 0.05) is 21.2 Å². The Morgan fingerprint density at radius 3 is 2.49 bits per heavy atom. The van der Waals surface area contributed by atoms with E-state index in [0.29, 0.717) is 31.7 Å². The number of benzene rings is 4. The summed E-state index contributed by atoms with van der Waals surface area (Å²) in [6.45, 7) is 0.326. The van der Waals surface area contributed by atoms with Crippen LogP contribution >= 0.6 is 34.5 Å². The summed E-state index contributed by atoms with van der Waals surface area (Å²) in [5, 5.41) is 1.15. The largest absolute Gasteiger partial charge is 0.497 e. The minimum Gasteiger partial charge on any atom is -0.497 e. The van der Waals surface area contributed by atoms with Gasteiger partial charge in [0.25, 0.3) is 5.56 Å². The van der Waals surface area contributed by atoms with Crippen molar-refractivity contribution in [3.8, 4) is 11.5 Å².